The van der Waals surface area contributed by atoms with Crippen molar-refractivity contribution in [2.45, 2.75) is 45.7 Å². The smallest absolute Gasteiger partial charge is 0.320 e. The number of hydrogen-bond acceptors (Lipinski definition) is 3. The summed E-state index contributed by atoms with van der Waals surface area (Å²) in [5, 5.41) is 2.11. The van der Waals surface area contributed by atoms with E-state index in [1.807, 2.05) is 18.7 Å². The van der Waals surface area contributed by atoms with Crippen LogP contribution < -0.4 is 0 Å². The lowest BCUT2D eigenvalue weighted by Gasteiger charge is -2.39. The summed E-state index contributed by atoms with van der Waals surface area (Å²) in [6.45, 7) is 6.89. The Morgan fingerprint density at radius 2 is 1.90 bits per heavy atom. The van der Waals surface area contributed by atoms with Crippen molar-refractivity contribution >= 4 is 23.3 Å². The van der Waals surface area contributed by atoms with Crippen LogP contribution in [0.25, 0.3) is 0 Å². The van der Waals surface area contributed by atoms with E-state index in [9.17, 15) is 9.59 Å². The van der Waals surface area contributed by atoms with Crippen LogP contribution in [0.1, 0.15) is 47.9 Å². The molecule has 0 bridgehead atoms. The van der Waals surface area contributed by atoms with Gasteiger partial charge in [0.2, 0.25) is 5.91 Å². The first-order valence-electron chi connectivity index (χ1n) is 10.2. The molecule has 1 aromatic carbocycles. The maximum absolute atomic E-state index is 13.5. The number of amides is 3. The average Bonchev–Trinajstić information content (AvgIpc) is 3.19. The summed E-state index contributed by atoms with van der Waals surface area (Å²) >= 11 is 1.76. The van der Waals surface area contributed by atoms with Crippen LogP contribution in [0.3, 0.4) is 0 Å². The molecule has 0 radical (unpaired) electrons. The van der Waals surface area contributed by atoms with Crippen LogP contribution in [-0.2, 0) is 11.2 Å². The van der Waals surface area contributed by atoms with Crippen LogP contribution in [-0.4, -0.2) is 59.9 Å². The Labute approximate surface area is 177 Å². The molecular weight excluding hydrogens is 382 g/mol. The summed E-state index contributed by atoms with van der Waals surface area (Å²) in [6, 6.07) is 10.4. The second-order valence-electron chi connectivity index (χ2n) is 8.01. The number of fused-ring (bicyclic) bond motifs is 1. The molecular formula is C23H31N3O2S. The molecule has 3 amide bonds. The third-order valence-electron chi connectivity index (χ3n) is 5.74. The fourth-order valence-electron chi connectivity index (χ4n) is 3.82. The van der Waals surface area contributed by atoms with Gasteiger partial charge in [-0.2, -0.15) is 0 Å². The number of carbonyl (C=O) groups excluding carboxylic acids is 2. The molecule has 1 aliphatic rings. The third kappa shape index (κ3) is 4.47. The maximum Gasteiger partial charge on any atom is 0.320 e. The molecule has 156 valence electrons. The average molecular weight is 414 g/mol. The van der Waals surface area contributed by atoms with Crippen molar-refractivity contribution in [3.63, 3.8) is 0 Å². The molecule has 6 heteroatoms. The van der Waals surface area contributed by atoms with Crippen molar-refractivity contribution < 1.29 is 9.59 Å². The molecule has 5 nitrogen and oxygen atoms in total. The summed E-state index contributed by atoms with van der Waals surface area (Å²) in [7, 11) is 3.46. The zero-order chi connectivity index (χ0) is 21.1. The molecule has 0 N–H and O–H groups in total. The number of hydrogen-bond donors (Lipinski definition) is 0. The van der Waals surface area contributed by atoms with Crippen LogP contribution >= 0.6 is 11.3 Å². The number of aryl methyl sites for hydroxylation is 1. The standard InChI is InChI=1S/C23H31N3O2S/c1-6-17(3)26(23(28)24(4)5)15-21(27)25-13-11-20-19(12-14-29-20)22(25)18-9-7-16(2)8-10-18/h7-10,12,14,17,22H,6,11,13,15H2,1-5H3/t17-,22+/m1/s1. The zero-order valence-corrected chi connectivity index (χ0v) is 18.8. The molecule has 1 aromatic heterocycles. The monoisotopic (exact) mass is 413 g/mol. The van der Waals surface area contributed by atoms with Crippen molar-refractivity contribution in [3.8, 4) is 0 Å². The van der Waals surface area contributed by atoms with E-state index in [4.69, 9.17) is 0 Å². The van der Waals surface area contributed by atoms with E-state index in [2.05, 4.69) is 42.6 Å². The van der Waals surface area contributed by atoms with Crippen molar-refractivity contribution in [1.29, 1.82) is 0 Å². The molecule has 1 aliphatic heterocycles. The normalized spacial score (nSPS) is 16.9. The Morgan fingerprint density at radius 1 is 1.21 bits per heavy atom. The van der Waals surface area contributed by atoms with E-state index < -0.39 is 0 Å². The molecule has 0 aliphatic carbocycles. The van der Waals surface area contributed by atoms with Crippen LogP contribution in [0, 0.1) is 6.92 Å². The lowest BCUT2D eigenvalue weighted by atomic mass is 9.92. The maximum atomic E-state index is 13.5. The quantitative estimate of drug-likeness (QED) is 0.733. The second kappa shape index (κ2) is 8.99. The molecule has 2 heterocycles. The molecule has 0 fully saturated rings. The Morgan fingerprint density at radius 3 is 2.52 bits per heavy atom. The van der Waals surface area contributed by atoms with Gasteiger partial charge in [-0.1, -0.05) is 36.8 Å². The van der Waals surface area contributed by atoms with E-state index >= 15 is 0 Å². The first kappa shape index (κ1) is 21.4. The van der Waals surface area contributed by atoms with Crippen LogP contribution in [0.2, 0.25) is 0 Å². The fourth-order valence-corrected chi connectivity index (χ4v) is 4.72. The van der Waals surface area contributed by atoms with Gasteiger partial charge in [-0.25, -0.2) is 4.79 Å². The minimum absolute atomic E-state index is 0.00271. The lowest BCUT2D eigenvalue weighted by Crippen LogP contribution is -2.51. The van der Waals surface area contributed by atoms with Gasteiger partial charge in [0.05, 0.1) is 6.04 Å². The minimum atomic E-state index is -0.118. The van der Waals surface area contributed by atoms with Gasteiger partial charge in [0.15, 0.2) is 0 Å². The van der Waals surface area contributed by atoms with Gasteiger partial charge in [-0.3, -0.25) is 4.79 Å². The largest absolute Gasteiger partial charge is 0.331 e. The number of nitrogens with zero attached hydrogens (tertiary/aromatic N) is 3. The van der Waals surface area contributed by atoms with Gasteiger partial charge < -0.3 is 14.7 Å². The van der Waals surface area contributed by atoms with Crippen LogP contribution in [0.15, 0.2) is 35.7 Å². The van der Waals surface area contributed by atoms with E-state index in [1.54, 1.807) is 35.2 Å². The number of thiophene rings is 1. The highest BCUT2D eigenvalue weighted by Crippen LogP contribution is 2.38. The van der Waals surface area contributed by atoms with Crippen molar-refractivity contribution in [1.82, 2.24) is 14.7 Å². The van der Waals surface area contributed by atoms with Gasteiger partial charge in [-0.15, -0.1) is 11.3 Å². The van der Waals surface area contributed by atoms with Gasteiger partial charge in [0.1, 0.15) is 6.54 Å². The number of benzene rings is 1. The number of urea groups is 1. The molecule has 2 aromatic rings. The van der Waals surface area contributed by atoms with E-state index in [0.29, 0.717) is 6.54 Å². The third-order valence-corrected chi connectivity index (χ3v) is 6.73. The second-order valence-corrected chi connectivity index (χ2v) is 9.01. The lowest BCUT2D eigenvalue weighted by molar-refractivity contribution is -0.134. The topological polar surface area (TPSA) is 43.9 Å². The van der Waals surface area contributed by atoms with E-state index in [1.165, 1.54) is 16.0 Å². The molecule has 0 saturated heterocycles. The molecule has 3 rings (SSSR count). The predicted octanol–water partition coefficient (Wildman–Crippen LogP) is 4.31. The fraction of sp³-hybridized carbons (Fsp3) is 0.478. The Hall–Kier alpha value is -2.34. The van der Waals surface area contributed by atoms with Crippen molar-refractivity contribution in [2.24, 2.45) is 0 Å². The molecule has 0 unspecified atom stereocenters. The predicted molar refractivity (Wildman–Crippen MR) is 118 cm³/mol. The Balaban J connectivity index is 1.91. The van der Waals surface area contributed by atoms with Gasteiger partial charge >= 0.3 is 6.03 Å². The summed E-state index contributed by atoms with van der Waals surface area (Å²) in [5.41, 5.74) is 3.54. The van der Waals surface area contributed by atoms with Crippen LogP contribution in [0.4, 0.5) is 4.79 Å². The highest BCUT2D eigenvalue weighted by Gasteiger charge is 2.34. The van der Waals surface area contributed by atoms with Crippen LogP contribution in [0.5, 0.6) is 0 Å². The highest BCUT2D eigenvalue weighted by atomic mass is 32.1. The zero-order valence-electron chi connectivity index (χ0n) is 18.0. The Bertz CT molecular complexity index is 859. The summed E-state index contributed by atoms with van der Waals surface area (Å²) in [6.07, 6.45) is 1.68. The summed E-state index contributed by atoms with van der Waals surface area (Å²) in [4.78, 5) is 32.7. The summed E-state index contributed by atoms with van der Waals surface area (Å²) < 4.78 is 0. The summed E-state index contributed by atoms with van der Waals surface area (Å²) in [5.74, 6) is 0.00271. The first-order valence-corrected chi connectivity index (χ1v) is 11.1. The molecule has 29 heavy (non-hydrogen) atoms. The SMILES string of the molecule is CC[C@@H](C)N(CC(=O)N1CCc2sccc2[C@@H]1c1ccc(C)cc1)C(=O)N(C)C. The van der Waals surface area contributed by atoms with Gasteiger partial charge in [0.25, 0.3) is 0 Å². The number of carbonyl (C=O) groups is 2. The molecule has 0 saturated carbocycles. The van der Waals surface area contributed by atoms with Crippen molar-refractivity contribution in [3.05, 3.63) is 57.3 Å². The Kier molecular flexibility index (Phi) is 6.63. The highest BCUT2D eigenvalue weighted by molar-refractivity contribution is 7.10. The van der Waals surface area contributed by atoms with E-state index in [-0.39, 0.29) is 30.6 Å². The first-order chi connectivity index (χ1) is 13.8. The number of rotatable bonds is 5. The van der Waals surface area contributed by atoms with Crippen molar-refractivity contribution in [2.75, 3.05) is 27.2 Å². The molecule has 0 spiro atoms. The molecule has 2 atom stereocenters. The van der Waals surface area contributed by atoms with Gasteiger partial charge in [0, 0.05) is 31.6 Å². The van der Waals surface area contributed by atoms with E-state index in [0.717, 1.165) is 18.4 Å². The van der Waals surface area contributed by atoms with Gasteiger partial charge in [-0.05, 0) is 49.3 Å². The minimum Gasteiger partial charge on any atom is -0.331 e.